The van der Waals surface area contributed by atoms with Crippen molar-refractivity contribution in [2.45, 2.75) is 10.9 Å². The molecule has 0 saturated heterocycles. The molecule has 2 heterocycles. The van der Waals surface area contributed by atoms with E-state index in [1.165, 1.54) is 26.7 Å². The number of nitro groups is 1. The molecule has 0 atom stereocenters. The van der Waals surface area contributed by atoms with Gasteiger partial charge in [-0.15, -0.1) is 11.3 Å². The van der Waals surface area contributed by atoms with E-state index in [1.54, 1.807) is 11.3 Å². The van der Waals surface area contributed by atoms with Gasteiger partial charge in [0, 0.05) is 15.3 Å². The number of thiophene rings is 1. The SMILES string of the molecule is Nc1nc(SCc2cc3ccccc3s2)ncc1[N+](=O)[O-]. The van der Waals surface area contributed by atoms with Gasteiger partial charge in [0.25, 0.3) is 0 Å². The Hall–Kier alpha value is -2.19. The number of aromatic nitrogens is 2. The van der Waals surface area contributed by atoms with Crippen LogP contribution in [0.25, 0.3) is 10.1 Å². The second-order valence-corrected chi connectivity index (χ2v) is 6.33. The minimum Gasteiger partial charge on any atom is -0.378 e. The molecule has 2 aromatic heterocycles. The van der Waals surface area contributed by atoms with E-state index in [2.05, 4.69) is 28.2 Å². The molecule has 3 rings (SSSR count). The van der Waals surface area contributed by atoms with Crippen LogP contribution in [0.3, 0.4) is 0 Å². The van der Waals surface area contributed by atoms with Crippen molar-refractivity contribution in [1.29, 1.82) is 0 Å². The summed E-state index contributed by atoms with van der Waals surface area (Å²) in [4.78, 5) is 19.2. The van der Waals surface area contributed by atoms with Gasteiger partial charge in [-0.3, -0.25) is 10.1 Å². The fourth-order valence-electron chi connectivity index (χ4n) is 1.83. The summed E-state index contributed by atoms with van der Waals surface area (Å²) in [5.41, 5.74) is 5.29. The van der Waals surface area contributed by atoms with Crippen molar-refractivity contribution >= 4 is 44.7 Å². The number of nitrogens with zero attached hydrogens (tertiary/aromatic N) is 3. The fraction of sp³-hybridized carbons (Fsp3) is 0.0769. The number of fused-ring (bicyclic) bond motifs is 1. The van der Waals surface area contributed by atoms with Gasteiger partial charge < -0.3 is 5.73 Å². The van der Waals surface area contributed by atoms with Crippen LogP contribution in [0, 0.1) is 10.1 Å². The number of nitrogens with two attached hydrogens (primary N) is 1. The van der Waals surface area contributed by atoms with Gasteiger partial charge in [-0.05, 0) is 17.5 Å². The Kier molecular flexibility index (Phi) is 3.72. The van der Waals surface area contributed by atoms with E-state index < -0.39 is 4.92 Å². The predicted octanol–water partition coefficient (Wildman–Crippen LogP) is 3.47. The van der Waals surface area contributed by atoms with Crippen molar-refractivity contribution in [2.75, 3.05) is 5.73 Å². The van der Waals surface area contributed by atoms with Crippen LogP contribution in [-0.2, 0) is 5.75 Å². The molecule has 0 saturated carbocycles. The highest BCUT2D eigenvalue weighted by Crippen LogP contribution is 2.30. The van der Waals surface area contributed by atoms with Crippen molar-refractivity contribution in [3.05, 3.63) is 51.5 Å². The molecule has 0 fully saturated rings. The van der Waals surface area contributed by atoms with Gasteiger partial charge in [0.2, 0.25) is 5.82 Å². The Morgan fingerprint density at radius 1 is 1.38 bits per heavy atom. The maximum absolute atomic E-state index is 10.7. The van der Waals surface area contributed by atoms with E-state index in [0.29, 0.717) is 10.9 Å². The minimum atomic E-state index is -0.588. The number of anilines is 1. The highest BCUT2D eigenvalue weighted by atomic mass is 32.2. The first kappa shape index (κ1) is 13.8. The monoisotopic (exact) mass is 318 g/mol. The molecular weight excluding hydrogens is 308 g/mol. The van der Waals surface area contributed by atoms with Crippen molar-refractivity contribution in [2.24, 2.45) is 0 Å². The third kappa shape index (κ3) is 2.96. The molecule has 21 heavy (non-hydrogen) atoms. The lowest BCUT2D eigenvalue weighted by atomic mass is 10.2. The molecule has 6 nitrogen and oxygen atoms in total. The maximum atomic E-state index is 10.7. The first-order valence-electron chi connectivity index (χ1n) is 6.00. The van der Waals surface area contributed by atoms with Crippen LogP contribution in [0.2, 0.25) is 0 Å². The van der Waals surface area contributed by atoms with Crippen LogP contribution in [0.1, 0.15) is 4.88 Å². The quantitative estimate of drug-likeness (QED) is 0.342. The van der Waals surface area contributed by atoms with Crippen molar-refractivity contribution < 1.29 is 4.92 Å². The van der Waals surface area contributed by atoms with E-state index in [4.69, 9.17) is 5.73 Å². The second kappa shape index (κ2) is 5.66. The summed E-state index contributed by atoms with van der Waals surface area (Å²) >= 11 is 3.12. The summed E-state index contributed by atoms with van der Waals surface area (Å²) < 4.78 is 1.23. The third-order valence-corrected chi connectivity index (χ3v) is 5.00. The van der Waals surface area contributed by atoms with Crippen LogP contribution < -0.4 is 5.73 Å². The Balaban J connectivity index is 1.75. The number of rotatable bonds is 4. The topological polar surface area (TPSA) is 94.9 Å². The molecule has 0 bridgehead atoms. The Morgan fingerprint density at radius 2 is 2.19 bits per heavy atom. The molecule has 106 valence electrons. The summed E-state index contributed by atoms with van der Waals surface area (Å²) in [7, 11) is 0. The summed E-state index contributed by atoms with van der Waals surface area (Å²) in [6, 6.07) is 10.3. The summed E-state index contributed by atoms with van der Waals surface area (Å²) in [6.07, 6.45) is 1.15. The third-order valence-electron chi connectivity index (χ3n) is 2.79. The van der Waals surface area contributed by atoms with Crippen molar-refractivity contribution in [1.82, 2.24) is 9.97 Å². The Bertz CT molecular complexity index is 786. The number of benzene rings is 1. The summed E-state index contributed by atoms with van der Waals surface area (Å²) in [5.74, 6) is 0.602. The van der Waals surface area contributed by atoms with Crippen LogP contribution in [-0.4, -0.2) is 14.9 Å². The van der Waals surface area contributed by atoms with Crippen LogP contribution >= 0.6 is 23.1 Å². The van der Waals surface area contributed by atoms with Gasteiger partial charge >= 0.3 is 5.69 Å². The van der Waals surface area contributed by atoms with Gasteiger partial charge in [-0.1, -0.05) is 30.0 Å². The highest BCUT2D eigenvalue weighted by molar-refractivity contribution is 7.98. The Morgan fingerprint density at radius 3 is 2.90 bits per heavy atom. The molecule has 3 aromatic rings. The largest absolute Gasteiger partial charge is 0.378 e. The molecule has 8 heteroatoms. The van der Waals surface area contributed by atoms with Gasteiger partial charge in [-0.2, -0.15) is 4.98 Å². The van der Waals surface area contributed by atoms with E-state index in [9.17, 15) is 10.1 Å². The zero-order valence-electron chi connectivity index (χ0n) is 10.7. The highest BCUT2D eigenvalue weighted by Gasteiger charge is 2.14. The van der Waals surface area contributed by atoms with Gasteiger partial charge in [0.1, 0.15) is 6.20 Å². The predicted molar refractivity (Wildman–Crippen MR) is 84.5 cm³/mol. The summed E-state index contributed by atoms with van der Waals surface area (Å²) in [5, 5.41) is 12.3. The average Bonchev–Trinajstić information content (AvgIpc) is 2.87. The molecule has 0 aliphatic heterocycles. The molecule has 0 aliphatic carbocycles. The molecule has 2 N–H and O–H groups in total. The number of hydrogen-bond acceptors (Lipinski definition) is 7. The summed E-state index contributed by atoms with van der Waals surface area (Å²) in [6.45, 7) is 0. The number of nitrogen functional groups attached to an aromatic ring is 1. The van der Waals surface area contributed by atoms with E-state index in [0.717, 1.165) is 6.20 Å². The van der Waals surface area contributed by atoms with Crippen molar-refractivity contribution in [3.63, 3.8) is 0 Å². The molecule has 0 spiro atoms. The minimum absolute atomic E-state index is 0.103. The molecule has 0 amide bonds. The maximum Gasteiger partial charge on any atom is 0.329 e. The standard InChI is InChI=1S/C13H10N4O2S2/c14-12-10(17(18)19)6-15-13(16-12)20-7-9-5-8-3-1-2-4-11(8)21-9/h1-6H,7H2,(H2,14,15,16). The molecule has 1 aromatic carbocycles. The van der Waals surface area contributed by atoms with Crippen LogP contribution in [0.5, 0.6) is 0 Å². The Labute approximate surface area is 128 Å². The van der Waals surface area contributed by atoms with Crippen molar-refractivity contribution in [3.8, 4) is 0 Å². The van der Waals surface area contributed by atoms with Crippen LogP contribution in [0.4, 0.5) is 11.5 Å². The second-order valence-electron chi connectivity index (χ2n) is 4.22. The van der Waals surface area contributed by atoms with E-state index in [1.807, 2.05) is 12.1 Å². The lowest BCUT2D eigenvalue weighted by molar-refractivity contribution is -0.384. The normalized spacial score (nSPS) is 10.9. The number of hydrogen-bond donors (Lipinski definition) is 1. The smallest absolute Gasteiger partial charge is 0.329 e. The fourth-order valence-corrected chi connectivity index (χ4v) is 3.74. The van der Waals surface area contributed by atoms with Gasteiger partial charge in [-0.25, -0.2) is 4.98 Å². The lowest BCUT2D eigenvalue weighted by Gasteiger charge is -2.00. The molecule has 0 unspecified atom stereocenters. The zero-order chi connectivity index (χ0) is 14.8. The van der Waals surface area contributed by atoms with Gasteiger partial charge in [0.05, 0.1) is 4.92 Å². The zero-order valence-corrected chi connectivity index (χ0v) is 12.4. The first-order chi connectivity index (χ1) is 10.1. The molecular formula is C13H10N4O2S2. The average molecular weight is 318 g/mol. The van der Waals surface area contributed by atoms with E-state index in [-0.39, 0.29) is 11.5 Å². The molecule has 0 aliphatic rings. The van der Waals surface area contributed by atoms with Gasteiger partial charge in [0.15, 0.2) is 5.16 Å². The van der Waals surface area contributed by atoms with E-state index >= 15 is 0 Å². The molecule has 0 radical (unpaired) electrons. The van der Waals surface area contributed by atoms with Crippen LogP contribution in [0.15, 0.2) is 41.7 Å². The lowest BCUT2D eigenvalue weighted by Crippen LogP contribution is -2.00. The number of thioether (sulfide) groups is 1. The first-order valence-corrected chi connectivity index (χ1v) is 7.81.